The van der Waals surface area contributed by atoms with Crippen LogP contribution in [0.4, 0.5) is 0 Å². The maximum Gasteiger partial charge on any atom is 1.00 e. The van der Waals surface area contributed by atoms with Crippen molar-refractivity contribution in [3.8, 4) is 34.5 Å². The van der Waals surface area contributed by atoms with Crippen molar-refractivity contribution in [3.05, 3.63) is 40.5 Å². The average Bonchev–Trinajstić information content (AvgIpc) is 3.15. The molecule has 164 valence electrons. The Morgan fingerprint density at radius 1 is 1.25 bits per heavy atom. The molecule has 8 nitrogen and oxygen atoms in total. The molecule has 0 amide bonds. The summed E-state index contributed by atoms with van der Waals surface area (Å²) in [6.45, 7) is 3.77. The standard InChI is InChI=1S/C21H19Cl2N3O5.K.H/c1-10(2)29-20-17(23)7-12(9-24-20)19-25-18(26-31-19)15-4-3-13(8-16(15)22)30-14-5-11(6-14)21(27)28;;/h3-4,7-11,14H,5-6H2,1-2H3,(H,27,28);;/q;+1;-1. The fraction of sp³-hybridized carbons (Fsp3) is 0.333. The first-order chi connectivity index (χ1) is 14.8. The van der Waals surface area contributed by atoms with Crippen LogP contribution in [-0.4, -0.2) is 38.4 Å². The quantitative estimate of drug-likeness (QED) is 0.489. The first kappa shape index (κ1) is 25.4. The molecule has 1 saturated carbocycles. The minimum Gasteiger partial charge on any atom is -1.00 e. The van der Waals surface area contributed by atoms with E-state index in [1.54, 1.807) is 30.5 Å². The Hall–Kier alpha value is -1.20. The van der Waals surface area contributed by atoms with E-state index in [9.17, 15) is 4.79 Å². The number of hydrogen-bond donors (Lipinski definition) is 1. The van der Waals surface area contributed by atoms with Gasteiger partial charge in [0.25, 0.3) is 5.89 Å². The number of rotatable bonds is 7. The number of halogens is 2. The van der Waals surface area contributed by atoms with E-state index in [-0.39, 0.29) is 76.8 Å². The van der Waals surface area contributed by atoms with Crippen molar-refractivity contribution in [3.63, 3.8) is 0 Å². The number of ether oxygens (including phenoxy) is 2. The van der Waals surface area contributed by atoms with E-state index in [0.717, 1.165) is 0 Å². The molecule has 0 unspecified atom stereocenters. The average molecular weight is 504 g/mol. The van der Waals surface area contributed by atoms with Gasteiger partial charge in [-0.25, -0.2) is 4.98 Å². The van der Waals surface area contributed by atoms with Gasteiger partial charge in [-0.1, -0.05) is 28.4 Å². The summed E-state index contributed by atoms with van der Waals surface area (Å²) in [6.07, 6.45) is 2.34. The second-order valence-corrected chi connectivity index (χ2v) is 8.30. The molecule has 2 heterocycles. The maximum absolute atomic E-state index is 10.9. The zero-order valence-electron chi connectivity index (χ0n) is 18.7. The van der Waals surface area contributed by atoms with Gasteiger partial charge >= 0.3 is 57.4 Å². The molecule has 1 aromatic carbocycles. The van der Waals surface area contributed by atoms with Crippen molar-refractivity contribution in [2.24, 2.45) is 5.92 Å². The molecule has 2 aromatic heterocycles. The monoisotopic (exact) mass is 503 g/mol. The zero-order valence-corrected chi connectivity index (χ0v) is 22.3. The number of aliphatic carboxylic acids is 1. The fourth-order valence-electron chi connectivity index (χ4n) is 3.11. The predicted molar refractivity (Wildman–Crippen MR) is 115 cm³/mol. The molecule has 32 heavy (non-hydrogen) atoms. The third-order valence-corrected chi connectivity index (χ3v) is 5.34. The second-order valence-electron chi connectivity index (χ2n) is 7.49. The van der Waals surface area contributed by atoms with Crippen LogP contribution >= 0.6 is 23.2 Å². The summed E-state index contributed by atoms with van der Waals surface area (Å²) in [6, 6.07) is 6.76. The van der Waals surface area contributed by atoms with E-state index < -0.39 is 5.97 Å². The molecule has 11 heteroatoms. The summed E-state index contributed by atoms with van der Waals surface area (Å²) in [5.41, 5.74) is 1.12. The number of carbonyl (C=O) groups is 1. The topological polar surface area (TPSA) is 108 Å². The molecule has 0 bridgehead atoms. The third-order valence-electron chi connectivity index (χ3n) is 4.76. The molecule has 1 aliphatic rings. The van der Waals surface area contributed by atoms with Crippen molar-refractivity contribution < 1.29 is 76.7 Å². The first-order valence-corrected chi connectivity index (χ1v) is 10.4. The Kier molecular flexibility index (Phi) is 8.59. The second kappa shape index (κ2) is 10.8. The summed E-state index contributed by atoms with van der Waals surface area (Å²) in [4.78, 5) is 19.5. The number of pyridine rings is 1. The van der Waals surface area contributed by atoms with E-state index in [0.29, 0.717) is 51.5 Å². The molecular weight excluding hydrogens is 484 g/mol. The number of hydrogen-bond acceptors (Lipinski definition) is 7. The number of carboxylic acids is 1. The summed E-state index contributed by atoms with van der Waals surface area (Å²) in [5, 5.41) is 13.7. The van der Waals surface area contributed by atoms with Gasteiger partial charge in [-0.3, -0.25) is 4.79 Å². The van der Waals surface area contributed by atoms with Gasteiger partial charge in [-0.2, -0.15) is 4.98 Å². The van der Waals surface area contributed by atoms with Crippen molar-refractivity contribution >= 4 is 29.2 Å². The summed E-state index contributed by atoms with van der Waals surface area (Å²) in [7, 11) is 0. The van der Waals surface area contributed by atoms with Crippen molar-refractivity contribution in [2.45, 2.75) is 38.9 Å². The smallest absolute Gasteiger partial charge is 1.00 e. The zero-order chi connectivity index (χ0) is 22.1. The number of benzene rings is 1. The van der Waals surface area contributed by atoms with Gasteiger partial charge < -0.3 is 20.5 Å². The van der Waals surface area contributed by atoms with Crippen molar-refractivity contribution in [1.29, 1.82) is 0 Å². The molecule has 0 saturated heterocycles. The normalized spacial score (nSPS) is 17.4. The number of nitrogens with zero attached hydrogens (tertiary/aromatic N) is 3. The Balaban J connectivity index is 0.00000193. The van der Waals surface area contributed by atoms with E-state index in [2.05, 4.69) is 15.1 Å². The van der Waals surface area contributed by atoms with Crippen LogP contribution in [0.25, 0.3) is 22.8 Å². The molecule has 1 fully saturated rings. The van der Waals surface area contributed by atoms with Crippen LogP contribution in [0.3, 0.4) is 0 Å². The molecule has 1 aliphatic carbocycles. The van der Waals surface area contributed by atoms with Gasteiger partial charge in [0.1, 0.15) is 16.9 Å². The van der Waals surface area contributed by atoms with E-state index >= 15 is 0 Å². The minimum atomic E-state index is -0.792. The number of carboxylic acid groups (broad SMARTS) is 1. The minimum absolute atomic E-state index is 0. The summed E-state index contributed by atoms with van der Waals surface area (Å²) >= 11 is 12.6. The van der Waals surface area contributed by atoms with Crippen LogP contribution < -0.4 is 60.9 Å². The molecule has 4 rings (SSSR count). The van der Waals surface area contributed by atoms with Crippen LogP contribution in [0.15, 0.2) is 35.0 Å². The van der Waals surface area contributed by atoms with Gasteiger partial charge in [-0.15, -0.1) is 0 Å². The fourth-order valence-corrected chi connectivity index (χ4v) is 3.57. The van der Waals surface area contributed by atoms with Gasteiger partial charge in [0.05, 0.1) is 22.6 Å². The van der Waals surface area contributed by atoms with Gasteiger partial charge in [0.15, 0.2) is 0 Å². The van der Waals surface area contributed by atoms with Crippen LogP contribution in [0.1, 0.15) is 28.1 Å². The maximum atomic E-state index is 10.9. The van der Waals surface area contributed by atoms with E-state index in [4.69, 9.17) is 42.3 Å². The molecule has 1 N–H and O–H groups in total. The van der Waals surface area contributed by atoms with Crippen LogP contribution in [0, 0.1) is 5.92 Å². The molecule has 0 aliphatic heterocycles. The Bertz CT molecular complexity index is 1130. The Morgan fingerprint density at radius 2 is 2.00 bits per heavy atom. The molecule has 0 atom stereocenters. The number of aromatic nitrogens is 3. The summed E-state index contributed by atoms with van der Waals surface area (Å²) < 4.78 is 16.7. The summed E-state index contributed by atoms with van der Waals surface area (Å²) in [5.74, 6) is 0.306. The predicted octanol–water partition coefficient (Wildman–Crippen LogP) is 2.25. The van der Waals surface area contributed by atoms with Crippen LogP contribution in [0.5, 0.6) is 11.6 Å². The van der Waals surface area contributed by atoms with E-state index in [1.165, 1.54) is 0 Å². The molecular formula is C21H20Cl2KN3O5. The largest absolute Gasteiger partial charge is 1.00 e. The molecule has 3 aromatic rings. The van der Waals surface area contributed by atoms with Crippen LogP contribution in [0.2, 0.25) is 10.0 Å². The third kappa shape index (κ3) is 5.83. The van der Waals surface area contributed by atoms with Gasteiger partial charge in [0.2, 0.25) is 11.7 Å². The first-order valence-electron chi connectivity index (χ1n) is 9.66. The van der Waals surface area contributed by atoms with Gasteiger partial charge in [0, 0.05) is 11.8 Å². The van der Waals surface area contributed by atoms with Crippen molar-refractivity contribution in [1.82, 2.24) is 15.1 Å². The SMILES string of the molecule is CC(C)Oc1ncc(-c2nc(-c3ccc(OC4CC(C(=O)O)C4)cc3Cl)no2)cc1Cl.[H-].[K+]. The Labute approximate surface area is 238 Å². The van der Waals surface area contributed by atoms with Crippen LogP contribution in [-0.2, 0) is 4.79 Å². The molecule has 0 spiro atoms. The van der Waals surface area contributed by atoms with Crippen molar-refractivity contribution in [2.75, 3.05) is 0 Å². The van der Waals surface area contributed by atoms with Gasteiger partial charge in [-0.05, 0) is 51.0 Å². The Morgan fingerprint density at radius 3 is 2.62 bits per heavy atom. The van der Waals surface area contributed by atoms with E-state index in [1.807, 2.05) is 13.8 Å². The molecule has 0 radical (unpaired) electrons.